The number of benzene rings is 3. The Morgan fingerprint density at radius 1 is 0.875 bits per heavy atom. The van der Waals surface area contributed by atoms with Gasteiger partial charge in [0.1, 0.15) is 0 Å². The van der Waals surface area contributed by atoms with Crippen molar-refractivity contribution < 1.29 is 31.1 Å². The molecule has 40 heavy (non-hydrogen) atoms. The van der Waals surface area contributed by atoms with Gasteiger partial charge in [0.05, 0.1) is 22.6 Å². The first-order valence-corrected chi connectivity index (χ1v) is 13.2. The maximum absolute atomic E-state index is 13.9. The third-order valence-corrected chi connectivity index (χ3v) is 7.93. The molecule has 1 saturated carbocycles. The second-order valence-corrected chi connectivity index (χ2v) is 10.6. The third-order valence-electron chi connectivity index (χ3n) is 7.93. The van der Waals surface area contributed by atoms with Crippen LogP contribution < -0.4 is 5.32 Å². The highest BCUT2D eigenvalue weighted by Gasteiger charge is 2.44. The summed E-state index contributed by atoms with van der Waals surface area (Å²) in [5, 5.41) is 2.76. The van der Waals surface area contributed by atoms with Gasteiger partial charge in [-0.05, 0) is 74.5 Å². The van der Waals surface area contributed by atoms with E-state index in [0.717, 1.165) is 12.1 Å². The van der Waals surface area contributed by atoms with Gasteiger partial charge in [0.25, 0.3) is 0 Å². The van der Waals surface area contributed by atoms with Crippen molar-refractivity contribution in [1.82, 2.24) is 10.2 Å². The molecule has 0 heterocycles. The SMILES string of the molecule is CC(NC(=O)C1(c2ccccc2)CCC(N(C)Cc2ccccc2)CC1)c1cc(C(F)(F)F)cc(C(F)(F)F)c1. The van der Waals surface area contributed by atoms with Crippen LogP contribution in [0.3, 0.4) is 0 Å². The number of amides is 1. The van der Waals surface area contributed by atoms with Crippen molar-refractivity contribution in [3.05, 3.63) is 107 Å². The van der Waals surface area contributed by atoms with Gasteiger partial charge in [-0.25, -0.2) is 0 Å². The smallest absolute Gasteiger partial charge is 0.349 e. The van der Waals surface area contributed by atoms with Crippen LogP contribution in [0.2, 0.25) is 0 Å². The maximum Gasteiger partial charge on any atom is 0.416 e. The second-order valence-electron chi connectivity index (χ2n) is 10.6. The number of carbonyl (C=O) groups is 1. The Labute approximate surface area is 230 Å². The molecule has 3 aromatic rings. The predicted molar refractivity (Wildman–Crippen MR) is 141 cm³/mol. The minimum atomic E-state index is -4.96. The van der Waals surface area contributed by atoms with E-state index in [1.54, 1.807) is 0 Å². The minimum absolute atomic E-state index is 0.0940. The Kier molecular flexibility index (Phi) is 8.63. The molecule has 1 amide bonds. The molecular formula is C31H32F6N2O. The first-order valence-electron chi connectivity index (χ1n) is 13.2. The summed E-state index contributed by atoms with van der Waals surface area (Å²) in [5.41, 5.74) is -2.06. The van der Waals surface area contributed by atoms with Crippen molar-refractivity contribution in [2.24, 2.45) is 0 Å². The second kappa shape index (κ2) is 11.6. The lowest BCUT2D eigenvalue weighted by atomic mass is 9.67. The molecule has 1 unspecified atom stereocenters. The van der Waals surface area contributed by atoms with Gasteiger partial charge >= 0.3 is 12.4 Å². The zero-order chi connectivity index (χ0) is 29.1. The van der Waals surface area contributed by atoms with Gasteiger partial charge in [0.15, 0.2) is 0 Å². The van der Waals surface area contributed by atoms with Crippen LogP contribution in [0.4, 0.5) is 26.3 Å². The number of nitrogens with zero attached hydrogens (tertiary/aromatic N) is 1. The number of carbonyl (C=O) groups excluding carboxylic acids is 1. The van der Waals surface area contributed by atoms with Gasteiger partial charge < -0.3 is 5.32 Å². The van der Waals surface area contributed by atoms with Crippen LogP contribution in [0.25, 0.3) is 0 Å². The van der Waals surface area contributed by atoms with E-state index < -0.39 is 40.8 Å². The summed E-state index contributed by atoms with van der Waals surface area (Å²) >= 11 is 0. The molecule has 0 aliphatic heterocycles. The fourth-order valence-electron chi connectivity index (χ4n) is 5.59. The molecule has 0 radical (unpaired) electrons. The third kappa shape index (κ3) is 6.69. The van der Waals surface area contributed by atoms with Crippen LogP contribution >= 0.6 is 0 Å². The highest BCUT2D eigenvalue weighted by molar-refractivity contribution is 5.88. The average molecular weight is 563 g/mol. The maximum atomic E-state index is 13.9. The molecule has 0 spiro atoms. The van der Waals surface area contributed by atoms with Gasteiger partial charge in [0.2, 0.25) is 5.91 Å². The molecular weight excluding hydrogens is 530 g/mol. The Bertz CT molecular complexity index is 1250. The Hall–Kier alpha value is -3.33. The summed E-state index contributed by atoms with van der Waals surface area (Å²) in [6, 6.07) is 19.8. The number of hydrogen-bond acceptors (Lipinski definition) is 2. The van der Waals surface area contributed by atoms with Gasteiger partial charge in [-0.15, -0.1) is 0 Å². The molecule has 4 rings (SSSR count). The van der Waals surface area contributed by atoms with Crippen molar-refractivity contribution in [2.75, 3.05) is 7.05 Å². The highest BCUT2D eigenvalue weighted by atomic mass is 19.4. The molecule has 0 aromatic heterocycles. The van der Waals surface area contributed by atoms with E-state index in [0.29, 0.717) is 37.8 Å². The standard InChI is InChI=1S/C31H32F6N2O/c1-21(23-17-25(30(32,33)34)19-26(18-23)31(35,36)37)38-28(40)29(24-11-7-4-8-12-24)15-13-27(14-16-29)39(2)20-22-9-5-3-6-10-22/h3-12,17-19,21,27H,13-16,20H2,1-2H3,(H,38,40). The molecule has 214 valence electrons. The van der Waals surface area contributed by atoms with Crippen LogP contribution in [0.5, 0.6) is 0 Å². The summed E-state index contributed by atoms with van der Waals surface area (Å²) < 4.78 is 80.5. The fraction of sp³-hybridized carbons (Fsp3) is 0.387. The van der Waals surface area contributed by atoms with Crippen LogP contribution in [0, 0.1) is 0 Å². The number of hydrogen-bond donors (Lipinski definition) is 1. The summed E-state index contributed by atoms with van der Waals surface area (Å²) in [6.07, 6.45) is -7.51. The van der Waals surface area contributed by atoms with Gasteiger partial charge in [-0.1, -0.05) is 60.7 Å². The quantitative estimate of drug-likeness (QED) is 0.297. The number of rotatable bonds is 7. The zero-order valence-corrected chi connectivity index (χ0v) is 22.3. The average Bonchev–Trinajstić information content (AvgIpc) is 2.92. The molecule has 3 aromatic carbocycles. The monoisotopic (exact) mass is 562 g/mol. The van der Waals surface area contributed by atoms with Crippen LogP contribution in [-0.2, 0) is 29.1 Å². The lowest BCUT2D eigenvalue weighted by molar-refractivity contribution is -0.143. The van der Waals surface area contributed by atoms with Crippen molar-refractivity contribution in [1.29, 1.82) is 0 Å². The van der Waals surface area contributed by atoms with Gasteiger partial charge in [-0.2, -0.15) is 26.3 Å². The molecule has 0 saturated heterocycles. The molecule has 1 atom stereocenters. The first-order chi connectivity index (χ1) is 18.8. The largest absolute Gasteiger partial charge is 0.416 e. The summed E-state index contributed by atoms with van der Waals surface area (Å²) in [5.74, 6) is -0.402. The molecule has 1 aliphatic rings. The van der Waals surface area contributed by atoms with E-state index in [1.807, 2.05) is 55.6 Å². The minimum Gasteiger partial charge on any atom is -0.349 e. The Morgan fingerprint density at radius 2 is 1.38 bits per heavy atom. The summed E-state index contributed by atoms with van der Waals surface area (Å²) in [6.45, 7) is 2.16. The first kappa shape index (κ1) is 29.6. The van der Waals surface area contributed by atoms with Gasteiger partial charge in [0, 0.05) is 12.6 Å². The predicted octanol–water partition coefficient (Wildman–Crippen LogP) is 7.91. The van der Waals surface area contributed by atoms with Crippen molar-refractivity contribution in [3.8, 4) is 0 Å². The van der Waals surface area contributed by atoms with E-state index in [4.69, 9.17) is 0 Å². The van der Waals surface area contributed by atoms with Crippen molar-refractivity contribution in [2.45, 2.75) is 69.0 Å². The molecule has 9 heteroatoms. The van der Waals surface area contributed by atoms with E-state index in [1.165, 1.54) is 12.5 Å². The van der Waals surface area contributed by atoms with E-state index in [9.17, 15) is 31.1 Å². The lowest BCUT2D eigenvalue weighted by Gasteiger charge is -2.42. The van der Waals surface area contributed by atoms with Crippen LogP contribution in [-0.4, -0.2) is 23.9 Å². The van der Waals surface area contributed by atoms with Crippen LogP contribution in [0.15, 0.2) is 78.9 Å². The normalized spacial score (nSPS) is 20.8. The highest BCUT2D eigenvalue weighted by Crippen LogP contribution is 2.42. The topological polar surface area (TPSA) is 32.3 Å². The Morgan fingerprint density at radius 3 is 1.88 bits per heavy atom. The molecule has 1 N–H and O–H groups in total. The summed E-state index contributed by atoms with van der Waals surface area (Å²) in [4.78, 5) is 16.1. The molecule has 3 nitrogen and oxygen atoms in total. The van der Waals surface area contributed by atoms with Crippen LogP contribution in [0.1, 0.15) is 66.5 Å². The molecule has 1 fully saturated rings. The summed E-state index contributed by atoms with van der Waals surface area (Å²) in [7, 11) is 2.04. The number of alkyl halides is 6. The molecule has 1 aliphatic carbocycles. The Balaban J connectivity index is 1.57. The van der Waals surface area contributed by atoms with E-state index in [2.05, 4.69) is 22.3 Å². The number of nitrogens with one attached hydrogen (secondary N) is 1. The van der Waals surface area contributed by atoms with E-state index in [-0.39, 0.29) is 17.7 Å². The van der Waals surface area contributed by atoms with E-state index >= 15 is 0 Å². The lowest BCUT2D eigenvalue weighted by Crippen LogP contribution is -2.50. The number of halogens is 6. The van der Waals surface area contributed by atoms with Gasteiger partial charge in [-0.3, -0.25) is 9.69 Å². The zero-order valence-electron chi connectivity index (χ0n) is 22.3. The van der Waals surface area contributed by atoms with Crippen molar-refractivity contribution in [3.63, 3.8) is 0 Å². The fourth-order valence-corrected chi connectivity index (χ4v) is 5.59. The van der Waals surface area contributed by atoms with Crippen molar-refractivity contribution >= 4 is 5.91 Å². The molecule has 0 bridgehead atoms.